The van der Waals surface area contributed by atoms with Gasteiger partial charge in [0.05, 0.1) is 11.5 Å². The molecule has 21 heavy (non-hydrogen) atoms. The lowest BCUT2D eigenvalue weighted by Crippen LogP contribution is -2.51. The summed E-state index contributed by atoms with van der Waals surface area (Å²) < 4.78 is 0. The van der Waals surface area contributed by atoms with Gasteiger partial charge in [0.1, 0.15) is 11.9 Å². The third-order valence-electron chi connectivity index (χ3n) is 4.71. The molecule has 0 spiro atoms. The predicted octanol–water partition coefficient (Wildman–Crippen LogP) is 1.99. The topological polar surface area (TPSA) is 77.2 Å². The van der Waals surface area contributed by atoms with Crippen molar-refractivity contribution in [1.82, 2.24) is 4.98 Å². The number of carbonyl (C=O) groups is 1. The van der Waals surface area contributed by atoms with Crippen LogP contribution in [0.25, 0.3) is 0 Å². The lowest BCUT2D eigenvalue weighted by Gasteiger charge is -2.42. The third-order valence-corrected chi connectivity index (χ3v) is 4.71. The van der Waals surface area contributed by atoms with Gasteiger partial charge < -0.3 is 10.0 Å². The first-order valence-electron chi connectivity index (χ1n) is 7.50. The van der Waals surface area contributed by atoms with Gasteiger partial charge in [-0.2, -0.15) is 5.26 Å². The standard InChI is InChI=1S/C16H19N3O2/c1-10(16(20)21)13-8-19(9-13)15-12(7-17)6-11-4-2-3-5-14(11)18-15/h6,10,13H,2-5,8-9H2,1H3,(H,20,21). The number of nitriles is 1. The van der Waals surface area contributed by atoms with Crippen LogP contribution in [0.5, 0.6) is 0 Å². The molecule has 5 heteroatoms. The molecule has 5 nitrogen and oxygen atoms in total. The Morgan fingerprint density at radius 1 is 1.48 bits per heavy atom. The van der Waals surface area contributed by atoms with Crippen LogP contribution in [-0.4, -0.2) is 29.1 Å². The van der Waals surface area contributed by atoms with Crippen LogP contribution in [-0.2, 0) is 17.6 Å². The Bertz CT molecular complexity index is 615. The van der Waals surface area contributed by atoms with Crippen LogP contribution >= 0.6 is 0 Å². The minimum atomic E-state index is -0.751. The van der Waals surface area contributed by atoms with E-state index >= 15 is 0 Å². The fraction of sp³-hybridized carbons (Fsp3) is 0.562. The van der Waals surface area contributed by atoms with E-state index in [9.17, 15) is 10.1 Å². The third kappa shape index (κ3) is 2.46. The van der Waals surface area contributed by atoms with Crippen molar-refractivity contribution in [1.29, 1.82) is 5.26 Å². The number of aryl methyl sites for hydroxylation is 2. The Morgan fingerprint density at radius 2 is 2.19 bits per heavy atom. The maximum absolute atomic E-state index is 11.0. The second kappa shape index (κ2) is 5.36. The van der Waals surface area contributed by atoms with E-state index in [2.05, 4.69) is 6.07 Å². The van der Waals surface area contributed by atoms with Crippen molar-refractivity contribution in [2.75, 3.05) is 18.0 Å². The highest BCUT2D eigenvalue weighted by Crippen LogP contribution is 2.32. The highest BCUT2D eigenvalue weighted by atomic mass is 16.4. The number of hydrogen-bond acceptors (Lipinski definition) is 4. The molecule has 110 valence electrons. The number of aromatic nitrogens is 1. The molecule has 1 unspecified atom stereocenters. The number of aliphatic carboxylic acids is 1. The van der Waals surface area contributed by atoms with Crippen LogP contribution in [0, 0.1) is 23.2 Å². The van der Waals surface area contributed by atoms with Gasteiger partial charge in [0.25, 0.3) is 0 Å². The molecule has 2 aliphatic rings. The van der Waals surface area contributed by atoms with Crippen molar-refractivity contribution in [3.63, 3.8) is 0 Å². The Morgan fingerprint density at radius 3 is 2.86 bits per heavy atom. The van der Waals surface area contributed by atoms with Gasteiger partial charge in [-0.1, -0.05) is 6.92 Å². The van der Waals surface area contributed by atoms with Gasteiger partial charge in [0.2, 0.25) is 0 Å². The van der Waals surface area contributed by atoms with E-state index in [0.717, 1.165) is 30.8 Å². The van der Waals surface area contributed by atoms with E-state index < -0.39 is 5.97 Å². The van der Waals surface area contributed by atoms with Crippen LogP contribution in [0.1, 0.15) is 36.6 Å². The van der Waals surface area contributed by atoms with Gasteiger partial charge >= 0.3 is 5.97 Å². The molecule has 0 saturated carbocycles. The van der Waals surface area contributed by atoms with Gasteiger partial charge in [0, 0.05) is 24.7 Å². The molecule has 0 bridgehead atoms. The lowest BCUT2D eigenvalue weighted by molar-refractivity contribution is -0.143. The summed E-state index contributed by atoms with van der Waals surface area (Å²) in [6.07, 6.45) is 4.32. The van der Waals surface area contributed by atoms with E-state index in [1.54, 1.807) is 6.92 Å². The quantitative estimate of drug-likeness (QED) is 0.919. The van der Waals surface area contributed by atoms with Crippen molar-refractivity contribution in [3.8, 4) is 6.07 Å². The number of fused-ring (bicyclic) bond motifs is 1. The summed E-state index contributed by atoms with van der Waals surface area (Å²) in [4.78, 5) is 17.7. The smallest absolute Gasteiger partial charge is 0.306 e. The minimum Gasteiger partial charge on any atom is -0.481 e. The van der Waals surface area contributed by atoms with Crippen LogP contribution in [0.2, 0.25) is 0 Å². The SMILES string of the molecule is CC(C(=O)O)C1CN(c2nc3c(cc2C#N)CCCC3)C1. The number of nitrogens with zero attached hydrogens (tertiary/aromatic N) is 3. The van der Waals surface area contributed by atoms with Crippen molar-refractivity contribution in [2.45, 2.75) is 32.6 Å². The number of hydrogen-bond donors (Lipinski definition) is 1. The largest absolute Gasteiger partial charge is 0.481 e. The summed E-state index contributed by atoms with van der Waals surface area (Å²) in [7, 11) is 0. The van der Waals surface area contributed by atoms with Gasteiger partial charge in [-0.15, -0.1) is 0 Å². The second-order valence-corrected chi connectivity index (χ2v) is 6.08. The van der Waals surface area contributed by atoms with Crippen LogP contribution in [0.15, 0.2) is 6.07 Å². The minimum absolute atomic E-state index is 0.145. The van der Waals surface area contributed by atoms with Gasteiger partial charge in [-0.25, -0.2) is 4.98 Å². The van der Waals surface area contributed by atoms with E-state index in [0.29, 0.717) is 18.7 Å². The zero-order valence-electron chi connectivity index (χ0n) is 12.2. The molecule has 1 aromatic rings. The Balaban J connectivity index is 1.81. The van der Waals surface area contributed by atoms with E-state index in [-0.39, 0.29) is 11.8 Å². The molecule has 2 heterocycles. The maximum atomic E-state index is 11.0. The molecule has 1 aliphatic heterocycles. The maximum Gasteiger partial charge on any atom is 0.306 e. The average molecular weight is 285 g/mol. The second-order valence-electron chi connectivity index (χ2n) is 6.08. The lowest BCUT2D eigenvalue weighted by atomic mass is 9.86. The first-order chi connectivity index (χ1) is 10.1. The molecule has 1 N–H and O–H groups in total. The molecule has 1 aliphatic carbocycles. The summed E-state index contributed by atoms with van der Waals surface area (Å²) in [6.45, 7) is 3.09. The molecule has 1 aromatic heterocycles. The van der Waals surface area contributed by atoms with E-state index in [1.165, 1.54) is 12.0 Å². The highest BCUT2D eigenvalue weighted by Gasteiger charge is 2.36. The van der Waals surface area contributed by atoms with Crippen molar-refractivity contribution < 1.29 is 9.90 Å². The number of carboxylic acid groups (broad SMARTS) is 1. The number of carboxylic acids is 1. The van der Waals surface area contributed by atoms with Crippen molar-refractivity contribution >= 4 is 11.8 Å². The fourth-order valence-electron chi connectivity index (χ4n) is 3.15. The molecule has 0 radical (unpaired) electrons. The fourth-order valence-corrected chi connectivity index (χ4v) is 3.15. The number of pyridine rings is 1. The number of rotatable bonds is 3. The van der Waals surface area contributed by atoms with E-state index in [1.807, 2.05) is 11.0 Å². The summed E-state index contributed by atoms with van der Waals surface area (Å²) in [5.74, 6) is -0.207. The normalized spacial score (nSPS) is 19.3. The first-order valence-corrected chi connectivity index (χ1v) is 7.50. The molecule has 1 saturated heterocycles. The number of anilines is 1. The van der Waals surface area contributed by atoms with Gasteiger partial charge in [-0.3, -0.25) is 4.79 Å². The first kappa shape index (κ1) is 13.9. The summed E-state index contributed by atoms with van der Waals surface area (Å²) in [5, 5.41) is 18.4. The Labute approximate surface area is 124 Å². The molecule has 3 rings (SSSR count). The van der Waals surface area contributed by atoms with Crippen LogP contribution < -0.4 is 4.90 Å². The summed E-state index contributed by atoms with van der Waals surface area (Å²) >= 11 is 0. The Kier molecular flexibility index (Phi) is 3.54. The Hall–Kier alpha value is -2.09. The zero-order valence-corrected chi connectivity index (χ0v) is 12.2. The van der Waals surface area contributed by atoms with Crippen LogP contribution in [0.3, 0.4) is 0 Å². The van der Waals surface area contributed by atoms with Crippen molar-refractivity contribution in [3.05, 3.63) is 22.9 Å². The molecule has 0 amide bonds. The summed E-state index contributed by atoms with van der Waals surface area (Å²) in [6, 6.07) is 4.22. The monoisotopic (exact) mass is 285 g/mol. The molecular weight excluding hydrogens is 266 g/mol. The molecule has 1 fully saturated rings. The molecule has 1 atom stereocenters. The van der Waals surface area contributed by atoms with Gasteiger partial charge in [-0.05, 0) is 37.3 Å². The molecule has 0 aromatic carbocycles. The van der Waals surface area contributed by atoms with Crippen LogP contribution in [0.4, 0.5) is 5.82 Å². The highest BCUT2D eigenvalue weighted by molar-refractivity contribution is 5.71. The van der Waals surface area contributed by atoms with E-state index in [4.69, 9.17) is 10.1 Å². The van der Waals surface area contributed by atoms with Gasteiger partial charge in [0.15, 0.2) is 0 Å². The zero-order chi connectivity index (χ0) is 15.0. The summed E-state index contributed by atoms with van der Waals surface area (Å²) in [5.41, 5.74) is 2.94. The molecular formula is C16H19N3O2. The predicted molar refractivity (Wildman–Crippen MR) is 78.1 cm³/mol. The average Bonchev–Trinajstić information content (AvgIpc) is 2.44. The van der Waals surface area contributed by atoms with Crippen molar-refractivity contribution in [2.24, 2.45) is 11.8 Å².